The van der Waals surface area contributed by atoms with Crippen molar-refractivity contribution in [1.29, 1.82) is 0 Å². The number of carboxylic acid groups (broad SMARTS) is 1. The minimum Gasteiger partial charge on any atom is -0.497 e. The minimum atomic E-state index is -1.26. The Labute approximate surface area is 153 Å². The Hall–Kier alpha value is -3.13. The molecule has 134 valence electrons. The molecule has 1 N–H and O–H groups in total. The van der Waals surface area contributed by atoms with Gasteiger partial charge in [-0.2, -0.15) is 0 Å². The first-order chi connectivity index (χ1) is 12.5. The van der Waals surface area contributed by atoms with Crippen LogP contribution in [0.2, 0.25) is 0 Å². The van der Waals surface area contributed by atoms with Gasteiger partial charge in [0.15, 0.2) is 5.13 Å². The predicted octanol–water partition coefficient (Wildman–Crippen LogP) is 2.98. The molecule has 26 heavy (non-hydrogen) atoms. The molecule has 3 rings (SSSR count). The van der Waals surface area contributed by atoms with Crippen molar-refractivity contribution in [3.8, 4) is 27.9 Å². The van der Waals surface area contributed by atoms with Gasteiger partial charge in [0, 0.05) is 17.1 Å². The number of methoxy groups -OCH3 is 2. The quantitative estimate of drug-likeness (QED) is 0.740. The molecule has 0 saturated carbocycles. The fourth-order valence-electron chi connectivity index (χ4n) is 2.55. The zero-order valence-electron chi connectivity index (χ0n) is 14.3. The summed E-state index contributed by atoms with van der Waals surface area (Å²) in [6, 6.07) is 6.92. The van der Waals surface area contributed by atoms with Gasteiger partial charge in [-0.3, -0.25) is 9.36 Å². The normalized spacial score (nSPS) is 10.6. The molecule has 0 aliphatic heterocycles. The summed E-state index contributed by atoms with van der Waals surface area (Å²) in [5.74, 6) is 0.00855. The number of nitrogens with zero attached hydrogens (tertiary/aromatic N) is 2. The largest absolute Gasteiger partial charge is 0.497 e. The van der Waals surface area contributed by atoms with Crippen LogP contribution in [0, 0.1) is 6.92 Å². The van der Waals surface area contributed by atoms with Crippen molar-refractivity contribution in [1.82, 2.24) is 9.55 Å². The Balaban J connectivity index is 2.12. The van der Waals surface area contributed by atoms with Crippen LogP contribution in [0.4, 0.5) is 0 Å². The molecule has 0 radical (unpaired) electrons. The first-order valence-electron chi connectivity index (χ1n) is 7.60. The molecule has 7 nitrogen and oxygen atoms in total. The fourth-order valence-corrected chi connectivity index (χ4v) is 3.36. The Kier molecular flexibility index (Phi) is 4.77. The van der Waals surface area contributed by atoms with E-state index in [1.165, 1.54) is 22.1 Å². The third-order valence-corrected chi connectivity index (χ3v) is 4.74. The van der Waals surface area contributed by atoms with Crippen molar-refractivity contribution >= 4 is 17.3 Å². The van der Waals surface area contributed by atoms with E-state index in [-0.39, 0.29) is 5.56 Å². The van der Waals surface area contributed by atoms with Crippen molar-refractivity contribution in [3.63, 3.8) is 0 Å². The van der Waals surface area contributed by atoms with E-state index in [1.54, 1.807) is 50.8 Å². The molecule has 0 unspecified atom stereocenters. The zero-order valence-corrected chi connectivity index (χ0v) is 15.2. The Morgan fingerprint density at radius 1 is 1.23 bits per heavy atom. The third-order valence-electron chi connectivity index (χ3n) is 3.90. The standard InChI is InChI=1S/C18H16N2O5S/c1-10-6-7-20(16(21)15(10)17(22)23)18-19-13(9-26-18)12-8-11(24-2)4-5-14(12)25-3/h4-9H,1-3H3,(H,22,23). The minimum absolute atomic E-state index is 0.261. The Morgan fingerprint density at radius 3 is 2.65 bits per heavy atom. The SMILES string of the molecule is COc1ccc(OC)c(-c2csc(-n3ccc(C)c(C(=O)O)c3=O)n2)c1. The van der Waals surface area contributed by atoms with E-state index in [4.69, 9.17) is 9.47 Å². The molecule has 0 saturated heterocycles. The highest BCUT2D eigenvalue weighted by atomic mass is 32.1. The number of benzene rings is 1. The number of aromatic nitrogens is 2. The highest BCUT2D eigenvalue weighted by Gasteiger charge is 2.18. The third kappa shape index (κ3) is 3.06. The van der Waals surface area contributed by atoms with Gasteiger partial charge < -0.3 is 14.6 Å². The van der Waals surface area contributed by atoms with Crippen LogP contribution in [-0.2, 0) is 0 Å². The van der Waals surface area contributed by atoms with Crippen LogP contribution in [0.1, 0.15) is 15.9 Å². The topological polar surface area (TPSA) is 90.6 Å². The van der Waals surface area contributed by atoms with Gasteiger partial charge in [0.1, 0.15) is 17.1 Å². The lowest BCUT2D eigenvalue weighted by atomic mass is 10.1. The Morgan fingerprint density at radius 2 is 2.00 bits per heavy atom. The van der Waals surface area contributed by atoms with Crippen LogP contribution in [0.3, 0.4) is 0 Å². The lowest BCUT2D eigenvalue weighted by Crippen LogP contribution is -2.25. The second kappa shape index (κ2) is 7.01. The van der Waals surface area contributed by atoms with E-state index in [0.717, 1.165) is 0 Å². The van der Waals surface area contributed by atoms with Gasteiger partial charge in [-0.25, -0.2) is 9.78 Å². The molecular weight excluding hydrogens is 356 g/mol. The molecule has 2 heterocycles. The summed E-state index contributed by atoms with van der Waals surface area (Å²) in [6.45, 7) is 1.59. The monoisotopic (exact) mass is 372 g/mol. The second-order valence-electron chi connectivity index (χ2n) is 5.44. The van der Waals surface area contributed by atoms with Crippen LogP contribution >= 0.6 is 11.3 Å². The fraction of sp³-hybridized carbons (Fsp3) is 0.167. The summed E-state index contributed by atoms with van der Waals surface area (Å²) in [4.78, 5) is 28.3. The summed E-state index contributed by atoms with van der Waals surface area (Å²) in [7, 11) is 3.12. The zero-order chi connectivity index (χ0) is 18.8. The van der Waals surface area contributed by atoms with E-state index >= 15 is 0 Å². The highest BCUT2D eigenvalue weighted by molar-refractivity contribution is 7.12. The molecule has 8 heteroatoms. The van der Waals surface area contributed by atoms with Crippen molar-refractivity contribution in [2.75, 3.05) is 14.2 Å². The molecule has 0 aliphatic carbocycles. The number of ether oxygens (including phenoxy) is 2. The van der Waals surface area contributed by atoms with Crippen molar-refractivity contribution in [2.45, 2.75) is 6.92 Å². The number of hydrogen-bond acceptors (Lipinski definition) is 6. The number of aromatic carboxylic acids is 1. The summed E-state index contributed by atoms with van der Waals surface area (Å²) in [5.41, 5.74) is 0.849. The maximum absolute atomic E-state index is 12.5. The first-order valence-corrected chi connectivity index (χ1v) is 8.48. The van der Waals surface area contributed by atoms with E-state index in [1.807, 2.05) is 0 Å². The van der Waals surface area contributed by atoms with Gasteiger partial charge in [0.05, 0.1) is 19.9 Å². The van der Waals surface area contributed by atoms with Gasteiger partial charge in [0.25, 0.3) is 5.56 Å². The molecule has 0 atom stereocenters. The van der Waals surface area contributed by atoms with Crippen LogP contribution in [0.25, 0.3) is 16.4 Å². The molecular formula is C18H16N2O5S. The molecule has 2 aromatic heterocycles. The van der Waals surface area contributed by atoms with E-state index < -0.39 is 11.5 Å². The number of carboxylic acids is 1. The maximum Gasteiger partial charge on any atom is 0.341 e. The highest BCUT2D eigenvalue weighted by Crippen LogP contribution is 2.34. The van der Waals surface area contributed by atoms with Crippen LogP contribution in [0.5, 0.6) is 11.5 Å². The predicted molar refractivity (Wildman–Crippen MR) is 97.9 cm³/mol. The van der Waals surface area contributed by atoms with Crippen LogP contribution in [-0.4, -0.2) is 34.8 Å². The molecule has 3 aromatic rings. The molecule has 0 aliphatic rings. The summed E-state index contributed by atoms with van der Waals surface area (Å²) < 4.78 is 11.8. The molecule has 0 amide bonds. The average molecular weight is 372 g/mol. The number of carbonyl (C=O) groups is 1. The lowest BCUT2D eigenvalue weighted by Gasteiger charge is -2.08. The van der Waals surface area contributed by atoms with Crippen molar-refractivity contribution in [2.24, 2.45) is 0 Å². The number of pyridine rings is 1. The average Bonchev–Trinajstić information content (AvgIpc) is 3.10. The number of hydrogen-bond donors (Lipinski definition) is 1. The first kappa shape index (κ1) is 17.7. The van der Waals surface area contributed by atoms with Crippen LogP contribution in [0.15, 0.2) is 40.6 Å². The van der Waals surface area contributed by atoms with E-state index in [9.17, 15) is 14.7 Å². The van der Waals surface area contributed by atoms with Crippen molar-refractivity contribution < 1.29 is 19.4 Å². The van der Waals surface area contributed by atoms with E-state index in [2.05, 4.69) is 4.98 Å². The van der Waals surface area contributed by atoms with Crippen molar-refractivity contribution in [3.05, 3.63) is 57.3 Å². The molecule has 0 spiro atoms. The second-order valence-corrected chi connectivity index (χ2v) is 6.27. The lowest BCUT2D eigenvalue weighted by molar-refractivity contribution is 0.0693. The maximum atomic E-state index is 12.5. The molecule has 0 fully saturated rings. The van der Waals surface area contributed by atoms with Gasteiger partial charge in [-0.1, -0.05) is 0 Å². The van der Waals surface area contributed by atoms with Gasteiger partial charge in [0.2, 0.25) is 0 Å². The Bertz CT molecular complexity index is 1040. The number of rotatable bonds is 5. The summed E-state index contributed by atoms with van der Waals surface area (Å²) in [5, 5.41) is 11.4. The van der Waals surface area contributed by atoms with Gasteiger partial charge in [-0.05, 0) is 36.8 Å². The smallest absolute Gasteiger partial charge is 0.341 e. The van der Waals surface area contributed by atoms with E-state index in [0.29, 0.717) is 33.5 Å². The summed E-state index contributed by atoms with van der Waals surface area (Å²) >= 11 is 1.23. The molecule has 1 aromatic carbocycles. The summed E-state index contributed by atoms with van der Waals surface area (Å²) in [6.07, 6.45) is 1.52. The number of aryl methyl sites for hydroxylation is 1. The molecule has 0 bridgehead atoms. The van der Waals surface area contributed by atoms with Crippen LogP contribution < -0.4 is 15.0 Å². The van der Waals surface area contributed by atoms with Gasteiger partial charge in [-0.15, -0.1) is 11.3 Å². The number of thiazole rings is 1. The van der Waals surface area contributed by atoms with Gasteiger partial charge >= 0.3 is 5.97 Å².